The van der Waals surface area contributed by atoms with E-state index in [9.17, 15) is 4.79 Å². The molecule has 0 saturated carbocycles. The molecule has 2 rings (SSSR count). The third-order valence-corrected chi connectivity index (χ3v) is 3.18. The average Bonchev–Trinajstić information content (AvgIpc) is 2.92. The Morgan fingerprint density at radius 2 is 2.33 bits per heavy atom. The first-order valence-corrected chi connectivity index (χ1v) is 6.30. The molecule has 94 valence electrons. The highest BCUT2D eigenvalue weighted by atomic mass is 32.1. The van der Waals surface area contributed by atoms with Crippen LogP contribution in [0.25, 0.3) is 0 Å². The molecule has 2 aromatic rings. The second kappa shape index (κ2) is 5.59. The summed E-state index contributed by atoms with van der Waals surface area (Å²) >= 11 is 1.41. The molecular formula is C12H13N3O2S. The van der Waals surface area contributed by atoms with E-state index in [4.69, 9.17) is 4.74 Å². The van der Waals surface area contributed by atoms with Crippen LogP contribution in [0.15, 0.2) is 36.1 Å². The molecule has 5 nitrogen and oxygen atoms in total. The molecule has 2 heterocycles. The molecule has 18 heavy (non-hydrogen) atoms. The molecule has 1 amide bonds. The largest absolute Gasteiger partial charge is 0.479 e. The molecule has 0 bridgehead atoms. The molecule has 0 saturated heterocycles. The number of hydrogen-bond acceptors (Lipinski definition) is 5. The number of rotatable bonds is 4. The Labute approximate surface area is 109 Å². The topological polar surface area (TPSA) is 55.3 Å². The second-order valence-electron chi connectivity index (χ2n) is 3.66. The molecule has 0 N–H and O–H groups in total. The number of amides is 1. The highest BCUT2D eigenvalue weighted by Gasteiger charge is 2.21. The summed E-state index contributed by atoms with van der Waals surface area (Å²) in [4.78, 5) is 21.6. The summed E-state index contributed by atoms with van der Waals surface area (Å²) in [7, 11) is 1.68. The Hall–Kier alpha value is -1.95. The van der Waals surface area contributed by atoms with Crippen LogP contribution in [-0.4, -0.2) is 29.0 Å². The van der Waals surface area contributed by atoms with Crippen LogP contribution in [0, 0.1) is 0 Å². The first-order valence-electron chi connectivity index (χ1n) is 5.42. The third kappa shape index (κ3) is 2.84. The van der Waals surface area contributed by atoms with E-state index < -0.39 is 6.10 Å². The number of carbonyl (C=O) groups is 1. The van der Waals surface area contributed by atoms with Gasteiger partial charge < -0.3 is 4.74 Å². The fourth-order valence-corrected chi connectivity index (χ4v) is 2.03. The van der Waals surface area contributed by atoms with Gasteiger partial charge in [0, 0.05) is 24.8 Å². The summed E-state index contributed by atoms with van der Waals surface area (Å²) in [6.07, 6.45) is 4.31. The molecule has 0 aromatic carbocycles. The van der Waals surface area contributed by atoms with Crippen LogP contribution in [0.3, 0.4) is 0 Å². The normalized spacial score (nSPS) is 11.9. The molecule has 0 radical (unpaired) electrons. The minimum Gasteiger partial charge on any atom is -0.479 e. The van der Waals surface area contributed by atoms with E-state index in [1.54, 1.807) is 44.7 Å². The maximum atomic E-state index is 12.1. The quantitative estimate of drug-likeness (QED) is 0.846. The smallest absolute Gasteiger partial charge is 0.269 e. The fraction of sp³-hybridized carbons (Fsp3) is 0.250. The zero-order valence-corrected chi connectivity index (χ0v) is 10.9. The minimum absolute atomic E-state index is 0.145. The zero-order chi connectivity index (χ0) is 13.0. The monoisotopic (exact) mass is 263 g/mol. The van der Waals surface area contributed by atoms with Gasteiger partial charge in [0.2, 0.25) is 0 Å². The predicted octanol–water partition coefficient (Wildman–Crippen LogP) is 1.97. The average molecular weight is 263 g/mol. The number of pyridine rings is 1. The van der Waals surface area contributed by atoms with Gasteiger partial charge in [0.25, 0.3) is 5.91 Å². The molecule has 0 unspecified atom stereocenters. The molecular weight excluding hydrogens is 250 g/mol. The lowest BCUT2D eigenvalue weighted by Gasteiger charge is -2.19. The van der Waals surface area contributed by atoms with Crippen molar-refractivity contribution in [1.29, 1.82) is 0 Å². The zero-order valence-electron chi connectivity index (χ0n) is 10.1. The maximum Gasteiger partial charge on any atom is 0.269 e. The fourth-order valence-electron chi connectivity index (χ4n) is 1.42. The number of anilines is 1. The SMILES string of the molecule is C[C@@H](Oc1cccnc1)C(=O)N(C)c1nccs1. The van der Waals surface area contributed by atoms with Crippen LogP contribution in [-0.2, 0) is 4.79 Å². The standard InChI is InChI=1S/C12H13N3O2S/c1-9(17-10-4-3-5-13-8-10)11(16)15(2)12-14-6-7-18-12/h3-9H,1-2H3/t9-/m1/s1. The van der Waals surface area contributed by atoms with Crippen molar-refractivity contribution >= 4 is 22.4 Å². The number of ether oxygens (including phenoxy) is 1. The number of aromatic nitrogens is 2. The lowest BCUT2D eigenvalue weighted by molar-refractivity contribution is -0.124. The van der Waals surface area contributed by atoms with Crippen molar-refractivity contribution in [2.75, 3.05) is 11.9 Å². The van der Waals surface area contributed by atoms with Gasteiger partial charge in [-0.05, 0) is 19.1 Å². The molecule has 0 spiro atoms. The van der Waals surface area contributed by atoms with E-state index in [0.29, 0.717) is 10.9 Å². The molecule has 6 heteroatoms. The van der Waals surface area contributed by atoms with Crippen molar-refractivity contribution in [1.82, 2.24) is 9.97 Å². The van der Waals surface area contributed by atoms with Gasteiger partial charge in [0.15, 0.2) is 11.2 Å². The van der Waals surface area contributed by atoms with Crippen LogP contribution in [0.2, 0.25) is 0 Å². The van der Waals surface area contributed by atoms with Gasteiger partial charge in [-0.15, -0.1) is 11.3 Å². The van der Waals surface area contributed by atoms with Crippen molar-refractivity contribution in [2.24, 2.45) is 0 Å². The van der Waals surface area contributed by atoms with Gasteiger partial charge in [-0.2, -0.15) is 0 Å². The number of carbonyl (C=O) groups excluding carboxylic acids is 1. The summed E-state index contributed by atoms with van der Waals surface area (Å²) in [5, 5.41) is 2.48. The van der Waals surface area contributed by atoms with Crippen molar-refractivity contribution < 1.29 is 9.53 Å². The summed E-state index contributed by atoms with van der Waals surface area (Å²) in [5.41, 5.74) is 0. The molecule has 0 fully saturated rings. The van der Waals surface area contributed by atoms with Gasteiger partial charge >= 0.3 is 0 Å². The Bertz CT molecular complexity index is 501. The van der Waals surface area contributed by atoms with Crippen LogP contribution in [0.5, 0.6) is 5.75 Å². The van der Waals surface area contributed by atoms with Crippen molar-refractivity contribution in [3.05, 3.63) is 36.1 Å². The minimum atomic E-state index is -0.580. The first kappa shape index (κ1) is 12.5. The molecule has 0 aliphatic carbocycles. The van der Waals surface area contributed by atoms with E-state index >= 15 is 0 Å². The highest BCUT2D eigenvalue weighted by molar-refractivity contribution is 7.13. The predicted molar refractivity (Wildman–Crippen MR) is 69.9 cm³/mol. The van der Waals surface area contributed by atoms with E-state index in [-0.39, 0.29) is 5.91 Å². The lowest BCUT2D eigenvalue weighted by atomic mass is 10.3. The number of hydrogen-bond donors (Lipinski definition) is 0. The van der Waals surface area contributed by atoms with Crippen molar-refractivity contribution in [2.45, 2.75) is 13.0 Å². The van der Waals surface area contributed by atoms with Gasteiger partial charge in [0.1, 0.15) is 5.75 Å². The Kier molecular flexibility index (Phi) is 3.88. The third-order valence-electron chi connectivity index (χ3n) is 2.33. The maximum absolute atomic E-state index is 12.1. The van der Waals surface area contributed by atoms with Gasteiger partial charge in [-0.3, -0.25) is 14.7 Å². The van der Waals surface area contributed by atoms with E-state index in [0.717, 1.165) is 0 Å². The summed E-state index contributed by atoms with van der Waals surface area (Å²) in [6.45, 7) is 1.71. The molecule has 1 atom stereocenters. The van der Waals surface area contributed by atoms with Crippen molar-refractivity contribution in [3.63, 3.8) is 0 Å². The van der Waals surface area contributed by atoms with Crippen molar-refractivity contribution in [3.8, 4) is 5.75 Å². The summed E-state index contributed by atoms with van der Waals surface area (Å²) in [5.74, 6) is 0.430. The first-order chi connectivity index (χ1) is 8.68. The van der Waals surface area contributed by atoms with E-state index in [2.05, 4.69) is 9.97 Å². The Morgan fingerprint density at radius 3 is 2.94 bits per heavy atom. The van der Waals surface area contributed by atoms with Crippen LogP contribution in [0.1, 0.15) is 6.92 Å². The molecule has 0 aliphatic heterocycles. The second-order valence-corrected chi connectivity index (χ2v) is 4.53. The van der Waals surface area contributed by atoms with E-state index in [1.807, 2.05) is 5.38 Å². The summed E-state index contributed by atoms with van der Waals surface area (Å²) in [6, 6.07) is 3.53. The lowest BCUT2D eigenvalue weighted by Crippen LogP contribution is -2.37. The Balaban J connectivity index is 2.01. The number of thiazole rings is 1. The van der Waals surface area contributed by atoms with E-state index in [1.165, 1.54) is 16.2 Å². The van der Waals surface area contributed by atoms with Gasteiger partial charge in [0.05, 0.1) is 6.20 Å². The van der Waals surface area contributed by atoms with Crippen LogP contribution in [0.4, 0.5) is 5.13 Å². The Morgan fingerprint density at radius 1 is 1.50 bits per heavy atom. The van der Waals surface area contributed by atoms with Crippen LogP contribution < -0.4 is 9.64 Å². The summed E-state index contributed by atoms with van der Waals surface area (Å²) < 4.78 is 5.52. The van der Waals surface area contributed by atoms with Crippen LogP contribution >= 0.6 is 11.3 Å². The molecule has 2 aromatic heterocycles. The van der Waals surface area contributed by atoms with Gasteiger partial charge in [-0.25, -0.2) is 4.98 Å². The number of nitrogens with zero attached hydrogens (tertiary/aromatic N) is 3. The number of likely N-dealkylation sites (N-methyl/N-ethyl adjacent to an activating group) is 1. The van der Waals surface area contributed by atoms with Gasteiger partial charge in [-0.1, -0.05) is 0 Å². The molecule has 0 aliphatic rings. The highest BCUT2D eigenvalue weighted by Crippen LogP contribution is 2.17.